The van der Waals surface area contributed by atoms with E-state index in [1.54, 1.807) is 21.7 Å². The molecule has 2 aromatic rings. The summed E-state index contributed by atoms with van der Waals surface area (Å²) < 4.78 is 14.8. The number of nitrogens with one attached hydrogen (secondary N) is 1. The smallest absolute Gasteiger partial charge is 0.269 e. The van der Waals surface area contributed by atoms with Gasteiger partial charge in [0.2, 0.25) is 5.91 Å². The van der Waals surface area contributed by atoms with Crippen molar-refractivity contribution in [2.24, 2.45) is 5.92 Å². The maximum atomic E-state index is 13.1. The first-order chi connectivity index (χ1) is 12.9. The van der Waals surface area contributed by atoms with Crippen LogP contribution < -0.4 is 10.2 Å². The molecule has 0 radical (unpaired) electrons. The molecule has 1 N–H and O–H groups in total. The lowest BCUT2D eigenvalue weighted by molar-refractivity contribution is -0.117. The van der Waals surface area contributed by atoms with Gasteiger partial charge >= 0.3 is 0 Å². The van der Waals surface area contributed by atoms with E-state index >= 15 is 0 Å². The minimum Gasteiger partial charge on any atom is -0.346 e. The van der Waals surface area contributed by atoms with Crippen LogP contribution in [-0.2, 0) is 17.8 Å². The molecule has 1 aromatic carbocycles. The maximum absolute atomic E-state index is 13.1. The van der Waals surface area contributed by atoms with Crippen LogP contribution in [0, 0.1) is 11.7 Å². The number of hydrogen-bond donors (Lipinski definition) is 1. The van der Waals surface area contributed by atoms with Gasteiger partial charge in [0.15, 0.2) is 0 Å². The lowest BCUT2D eigenvalue weighted by Gasteiger charge is -2.17. The van der Waals surface area contributed by atoms with E-state index in [4.69, 9.17) is 0 Å². The van der Waals surface area contributed by atoms with Crippen LogP contribution >= 0.6 is 0 Å². The molecular weight excluding hydrogens is 347 g/mol. The number of nitrogens with zero attached hydrogens (tertiary/aromatic N) is 3. The molecule has 2 heterocycles. The molecule has 1 aliphatic heterocycles. The van der Waals surface area contributed by atoms with Crippen molar-refractivity contribution >= 4 is 17.5 Å². The molecule has 6 nitrogen and oxygen atoms in total. The summed E-state index contributed by atoms with van der Waals surface area (Å²) in [5.74, 6) is -0.201. The molecule has 0 unspecified atom stereocenters. The zero-order chi connectivity index (χ0) is 19.6. The Hall–Kier alpha value is -2.70. The van der Waals surface area contributed by atoms with Crippen LogP contribution in [0.3, 0.4) is 0 Å². The molecule has 1 saturated heterocycles. The molecule has 0 aliphatic carbocycles. The number of carbonyl (C=O) groups excluding carboxylic acids is 2. The van der Waals surface area contributed by atoms with Crippen molar-refractivity contribution in [2.75, 3.05) is 11.4 Å². The van der Waals surface area contributed by atoms with E-state index in [2.05, 4.69) is 24.3 Å². The second-order valence-electron chi connectivity index (χ2n) is 7.29. The molecule has 1 fully saturated rings. The molecule has 1 aliphatic rings. The Morgan fingerprint density at radius 1 is 1.33 bits per heavy atom. The van der Waals surface area contributed by atoms with Gasteiger partial charge in [0.25, 0.3) is 5.91 Å². The highest BCUT2D eigenvalue weighted by atomic mass is 19.1. The van der Waals surface area contributed by atoms with Crippen LogP contribution in [-0.4, -0.2) is 34.2 Å². The fourth-order valence-corrected chi connectivity index (χ4v) is 3.35. The third-order valence-corrected chi connectivity index (χ3v) is 4.58. The van der Waals surface area contributed by atoms with Crippen molar-refractivity contribution in [1.82, 2.24) is 15.1 Å². The van der Waals surface area contributed by atoms with E-state index in [0.29, 0.717) is 30.4 Å². The third kappa shape index (κ3) is 4.35. The van der Waals surface area contributed by atoms with Gasteiger partial charge < -0.3 is 10.2 Å². The fraction of sp³-hybridized carbons (Fsp3) is 0.450. The first-order valence-corrected chi connectivity index (χ1v) is 9.31. The summed E-state index contributed by atoms with van der Waals surface area (Å²) in [6.07, 6.45) is 1.04. The Morgan fingerprint density at radius 3 is 2.67 bits per heavy atom. The number of benzene rings is 1. The number of amides is 2. The van der Waals surface area contributed by atoms with E-state index in [-0.39, 0.29) is 30.1 Å². The summed E-state index contributed by atoms with van der Waals surface area (Å²) in [6.45, 7) is 7.14. The van der Waals surface area contributed by atoms with Crippen LogP contribution in [0.25, 0.3) is 0 Å². The maximum Gasteiger partial charge on any atom is 0.269 e. The molecule has 3 rings (SSSR count). The van der Waals surface area contributed by atoms with Gasteiger partial charge in [-0.15, -0.1) is 0 Å². The van der Waals surface area contributed by atoms with E-state index in [1.165, 1.54) is 12.1 Å². The highest BCUT2D eigenvalue weighted by Gasteiger charge is 2.32. The first-order valence-electron chi connectivity index (χ1n) is 9.31. The number of hydrogen-bond acceptors (Lipinski definition) is 3. The minimum atomic E-state index is -0.347. The summed E-state index contributed by atoms with van der Waals surface area (Å²) in [5.41, 5.74) is 2.05. The predicted octanol–water partition coefficient (Wildman–Crippen LogP) is 2.78. The summed E-state index contributed by atoms with van der Waals surface area (Å²) in [7, 11) is 0. The summed E-state index contributed by atoms with van der Waals surface area (Å²) in [5, 5.41) is 7.43. The van der Waals surface area contributed by atoms with Crippen LogP contribution in [0.4, 0.5) is 10.1 Å². The average Bonchev–Trinajstić information content (AvgIpc) is 3.18. The Labute approximate surface area is 158 Å². The highest BCUT2D eigenvalue weighted by Crippen LogP contribution is 2.22. The third-order valence-electron chi connectivity index (χ3n) is 4.58. The Balaban J connectivity index is 1.69. The van der Waals surface area contributed by atoms with Crippen molar-refractivity contribution in [2.45, 2.75) is 46.2 Å². The highest BCUT2D eigenvalue weighted by molar-refractivity contribution is 5.98. The van der Waals surface area contributed by atoms with Crippen molar-refractivity contribution in [3.05, 3.63) is 47.5 Å². The topological polar surface area (TPSA) is 67.2 Å². The van der Waals surface area contributed by atoms with Crippen LogP contribution in [0.5, 0.6) is 0 Å². The number of rotatable bonds is 6. The summed E-state index contributed by atoms with van der Waals surface area (Å²) in [4.78, 5) is 26.6. The second-order valence-corrected chi connectivity index (χ2v) is 7.29. The zero-order valence-corrected chi connectivity index (χ0v) is 15.9. The van der Waals surface area contributed by atoms with E-state index in [1.807, 2.05) is 13.0 Å². The van der Waals surface area contributed by atoms with Crippen LogP contribution in [0.15, 0.2) is 30.3 Å². The fourth-order valence-electron chi connectivity index (χ4n) is 3.35. The molecule has 0 spiro atoms. The lowest BCUT2D eigenvalue weighted by Crippen LogP contribution is -2.38. The predicted molar refractivity (Wildman–Crippen MR) is 101 cm³/mol. The monoisotopic (exact) mass is 372 g/mol. The lowest BCUT2D eigenvalue weighted by atomic mass is 10.1. The second kappa shape index (κ2) is 7.90. The molecule has 144 valence electrons. The van der Waals surface area contributed by atoms with Crippen LogP contribution in [0.2, 0.25) is 0 Å². The zero-order valence-electron chi connectivity index (χ0n) is 15.9. The van der Waals surface area contributed by atoms with Gasteiger partial charge in [-0.25, -0.2) is 4.39 Å². The van der Waals surface area contributed by atoms with Gasteiger partial charge in [-0.3, -0.25) is 14.3 Å². The molecular formula is C20H25FN4O2. The Morgan fingerprint density at radius 2 is 2.04 bits per heavy atom. The molecule has 7 heteroatoms. The quantitative estimate of drug-likeness (QED) is 0.848. The van der Waals surface area contributed by atoms with E-state index in [9.17, 15) is 14.0 Å². The van der Waals surface area contributed by atoms with Gasteiger partial charge in [-0.1, -0.05) is 13.8 Å². The molecule has 1 atom stereocenters. The standard InChI is InChI=1S/C20H25FN4O2/c1-4-25-18(10-15(23-25)9-13(2)3)20(27)22-16-11-19(26)24(12-16)17-7-5-14(21)6-8-17/h5-8,10,13,16H,4,9,11-12H2,1-3H3,(H,22,27)/t16-/m1/s1. The van der Waals surface area contributed by atoms with Crippen molar-refractivity contribution in [3.63, 3.8) is 0 Å². The molecule has 1 aromatic heterocycles. The first kappa shape index (κ1) is 19.1. The number of aromatic nitrogens is 2. The SMILES string of the molecule is CCn1nc(CC(C)C)cc1C(=O)N[C@@H]1CC(=O)N(c2ccc(F)cc2)C1. The van der Waals surface area contributed by atoms with Crippen molar-refractivity contribution in [1.29, 1.82) is 0 Å². The Kier molecular flexibility index (Phi) is 5.58. The molecule has 27 heavy (non-hydrogen) atoms. The number of carbonyl (C=O) groups is 2. The summed E-state index contributed by atoms with van der Waals surface area (Å²) in [6, 6.07) is 7.33. The average molecular weight is 372 g/mol. The van der Waals surface area contributed by atoms with E-state index in [0.717, 1.165) is 12.1 Å². The minimum absolute atomic E-state index is 0.0867. The van der Waals surface area contributed by atoms with Gasteiger partial charge in [0.1, 0.15) is 11.5 Å². The van der Waals surface area contributed by atoms with Gasteiger partial charge in [-0.2, -0.15) is 5.10 Å². The Bertz CT molecular complexity index is 829. The molecule has 0 bridgehead atoms. The molecule has 2 amide bonds. The number of aryl methyl sites for hydroxylation is 1. The van der Waals surface area contributed by atoms with Crippen molar-refractivity contribution in [3.8, 4) is 0 Å². The van der Waals surface area contributed by atoms with Gasteiger partial charge in [-0.05, 0) is 49.6 Å². The van der Waals surface area contributed by atoms with Crippen molar-refractivity contribution < 1.29 is 14.0 Å². The number of anilines is 1. The van der Waals surface area contributed by atoms with Crippen LogP contribution in [0.1, 0.15) is 43.4 Å². The number of halogens is 1. The molecule has 0 saturated carbocycles. The van der Waals surface area contributed by atoms with E-state index < -0.39 is 0 Å². The largest absolute Gasteiger partial charge is 0.346 e. The van der Waals surface area contributed by atoms with Gasteiger partial charge in [0, 0.05) is 25.2 Å². The van der Waals surface area contributed by atoms with Gasteiger partial charge in [0.05, 0.1) is 11.7 Å². The normalized spacial score (nSPS) is 17.0. The summed E-state index contributed by atoms with van der Waals surface area (Å²) >= 11 is 0.